The second-order valence-corrected chi connectivity index (χ2v) is 7.82. The predicted molar refractivity (Wildman–Crippen MR) is 91.9 cm³/mol. The highest BCUT2D eigenvalue weighted by Crippen LogP contribution is 2.39. The quantitative estimate of drug-likeness (QED) is 0.834. The van der Waals surface area contributed by atoms with E-state index in [-0.39, 0.29) is 5.54 Å². The van der Waals surface area contributed by atoms with E-state index < -0.39 is 0 Å². The second kappa shape index (κ2) is 7.70. The number of aromatic nitrogens is 1. The fraction of sp³-hybridized carbons (Fsp3) is 0.824. The lowest BCUT2D eigenvalue weighted by atomic mass is 9.70. The van der Waals surface area contributed by atoms with Gasteiger partial charge in [0.05, 0.1) is 5.01 Å². The zero-order valence-electron chi connectivity index (χ0n) is 14.1. The van der Waals surface area contributed by atoms with Crippen molar-refractivity contribution in [3.8, 4) is 0 Å². The van der Waals surface area contributed by atoms with Crippen molar-refractivity contribution in [2.45, 2.75) is 64.0 Å². The number of rotatable bonds is 7. The maximum atomic E-state index is 4.53. The topological polar surface area (TPSA) is 28.2 Å². The Balaban J connectivity index is 2.21. The van der Waals surface area contributed by atoms with Crippen LogP contribution in [-0.2, 0) is 6.42 Å². The monoisotopic (exact) mass is 309 g/mol. The van der Waals surface area contributed by atoms with Crippen molar-refractivity contribution in [3.63, 3.8) is 0 Å². The predicted octanol–water partition coefficient (Wildman–Crippen LogP) is 3.56. The van der Waals surface area contributed by atoms with Crippen LogP contribution in [-0.4, -0.2) is 42.1 Å². The Kier molecular flexibility index (Phi) is 6.20. The van der Waals surface area contributed by atoms with Crippen LogP contribution in [0.15, 0.2) is 11.6 Å². The molecule has 1 aromatic heterocycles. The summed E-state index contributed by atoms with van der Waals surface area (Å²) in [4.78, 5) is 7.02. The number of nitrogens with zero attached hydrogens (tertiary/aromatic N) is 2. The average Bonchev–Trinajstić information content (AvgIpc) is 2.96. The summed E-state index contributed by atoms with van der Waals surface area (Å²) in [6, 6.07) is 0.501. The molecule has 1 aliphatic carbocycles. The molecule has 0 aliphatic heterocycles. The van der Waals surface area contributed by atoms with Crippen molar-refractivity contribution in [3.05, 3.63) is 16.6 Å². The molecule has 1 saturated carbocycles. The van der Waals surface area contributed by atoms with Crippen LogP contribution in [0.1, 0.15) is 51.0 Å². The number of nitrogens with one attached hydrogen (secondary N) is 1. The van der Waals surface area contributed by atoms with Gasteiger partial charge in [-0.3, -0.25) is 0 Å². The van der Waals surface area contributed by atoms with E-state index in [0.717, 1.165) is 18.9 Å². The van der Waals surface area contributed by atoms with Crippen molar-refractivity contribution in [1.29, 1.82) is 0 Å². The van der Waals surface area contributed by atoms with Gasteiger partial charge in [0.2, 0.25) is 0 Å². The molecule has 2 rings (SSSR count). The molecule has 1 N–H and O–H groups in total. The van der Waals surface area contributed by atoms with E-state index in [4.69, 9.17) is 0 Å². The first-order chi connectivity index (χ1) is 10.1. The van der Waals surface area contributed by atoms with Gasteiger partial charge in [0.25, 0.3) is 0 Å². The molecule has 0 aromatic carbocycles. The molecule has 3 nitrogen and oxygen atoms in total. The van der Waals surface area contributed by atoms with Crippen molar-refractivity contribution in [2.75, 3.05) is 20.6 Å². The van der Waals surface area contributed by atoms with E-state index in [0.29, 0.717) is 6.04 Å². The second-order valence-electron chi connectivity index (χ2n) is 6.84. The summed E-state index contributed by atoms with van der Waals surface area (Å²) in [6.45, 7) is 5.76. The average molecular weight is 310 g/mol. The first-order valence-corrected chi connectivity index (χ1v) is 9.25. The van der Waals surface area contributed by atoms with Gasteiger partial charge in [0.1, 0.15) is 0 Å². The summed E-state index contributed by atoms with van der Waals surface area (Å²) in [5.41, 5.74) is 0.276. The van der Waals surface area contributed by atoms with E-state index in [1.807, 2.05) is 6.20 Å². The van der Waals surface area contributed by atoms with Crippen LogP contribution >= 0.6 is 11.3 Å². The standard InChI is InChI=1S/C17H31N3S/c1-5-9-18-15(12-16-19-10-11-21-16)17(20(3)4)8-6-7-14(2)13-17/h10-11,14-15,18H,5-9,12-13H2,1-4H3. The maximum Gasteiger partial charge on any atom is 0.0941 e. The van der Waals surface area contributed by atoms with Gasteiger partial charge in [-0.05, 0) is 45.8 Å². The van der Waals surface area contributed by atoms with Gasteiger partial charge in [-0.25, -0.2) is 4.98 Å². The lowest BCUT2D eigenvalue weighted by molar-refractivity contribution is 0.0373. The largest absolute Gasteiger partial charge is 0.312 e. The third kappa shape index (κ3) is 4.05. The number of hydrogen-bond donors (Lipinski definition) is 1. The van der Waals surface area contributed by atoms with Gasteiger partial charge in [0, 0.05) is 29.6 Å². The zero-order valence-corrected chi connectivity index (χ0v) is 14.9. The third-order valence-electron chi connectivity index (χ3n) is 5.05. The Hall–Kier alpha value is -0.450. The van der Waals surface area contributed by atoms with Crippen LogP contribution in [0.5, 0.6) is 0 Å². The summed E-state index contributed by atoms with van der Waals surface area (Å²) >= 11 is 1.79. The Bertz CT molecular complexity index is 404. The number of thiazole rings is 1. The van der Waals surface area contributed by atoms with Crippen molar-refractivity contribution >= 4 is 11.3 Å². The number of likely N-dealkylation sites (N-methyl/N-ethyl adjacent to an activating group) is 1. The molecule has 0 amide bonds. The maximum absolute atomic E-state index is 4.53. The van der Waals surface area contributed by atoms with Crippen LogP contribution in [0, 0.1) is 5.92 Å². The first kappa shape index (κ1) is 16.9. The van der Waals surface area contributed by atoms with Crippen LogP contribution in [0.3, 0.4) is 0 Å². The molecule has 120 valence electrons. The molecule has 1 heterocycles. The Morgan fingerprint density at radius 3 is 2.90 bits per heavy atom. The molecule has 3 unspecified atom stereocenters. The Morgan fingerprint density at radius 2 is 2.33 bits per heavy atom. The fourth-order valence-corrected chi connectivity index (χ4v) is 4.56. The molecule has 0 radical (unpaired) electrons. The lowest BCUT2D eigenvalue weighted by Gasteiger charge is -2.50. The van der Waals surface area contributed by atoms with Crippen LogP contribution in [0.4, 0.5) is 0 Å². The fourth-order valence-electron chi connectivity index (χ4n) is 3.90. The minimum atomic E-state index is 0.276. The third-order valence-corrected chi connectivity index (χ3v) is 5.85. The van der Waals surface area contributed by atoms with Gasteiger partial charge >= 0.3 is 0 Å². The molecule has 1 fully saturated rings. The molecule has 0 bridgehead atoms. The van der Waals surface area contributed by atoms with Gasteiger partial charge in [0.15, 0.2) is 0 Å². The van der Waals surface area contributed by atoms with Crippen molar-refractivity contribution < 1.29 is 0 Å². The molecule has 21 heavy (non-hydrogen) atoms. The summed E-state index contributed by atoms with van der Waals surface area (Å²) in [6.07, 6.45) is 9.51. The Labute approximate surface area is 134 Å². The normalized spacial score (nSPS) is 28.0. The van der Waals surface area contributed by atoms with Crippen molar-refractivity contribution in [2.24, 2.45) is 5.92 Å². The summed E-state index contributed by atoms with van der Waals surface area (Å²) in [7, 11) is 4.53. The van der Waals surface area contributed by atoms with Gasteiger partial charge in [-0.2, -0.15) is 0 Å². The summed E-state index contributed by atoms with van der Waals surface area (Å²) < 4.78 is 0. The van der Waals surface area contributed by atoms with Crippen molar-refractivity contribution in [1.82, 2.24) is 15.2 Å². The van der Waals surface area contributed by atoms with Gasteiger partial charge in [-0.1, -0.05) is 26.7 Å². The molecule has 0 spiro atoms. The van der Waals surface area contributed by atoms with Crippen LogP contribution in [0.25, 0.3) is 0 Å². The smallest absolute Gasteiger partial charge is 0.0941 e. The highest BCUT2D eigenvalue weighted by Gasteiger charge is 2.43. The van der Waals surface area contributed by atoms with E-state index >= 15 is 0 Å². The van der Waals surface area contributed by atoms with E-state index in [2.05, 4.69) is 48.5 Å². The van der Waals surface area contributed by atoms with E-state index in [1.165, 1.54) is 37.1 Å². The minimum absolute atomic E-state index is 0.276. The molecule has 3 atom stereocenters. The molecular weight excluding hydrogens is 278 g/mol. The molecule has 0 saturated heterocycles. The lowest BCUT2D eigenvalue weighted by Crippen LogP contribution is -2.61. The zero-order chi connectivity index (χ0) is 15.3. The van der Waals surface area contributed by atoms with E-state index in [9.17, 15) is 0 Å². The summed E-state index contributed by atoms with van der Waals surface area (Å²) in [5, 5.41) is 7.21. The molecule has 1 aliphatic rings. The van der Waals surface area contributed by atoms with Gasteiger partial charge < -0.3 is 10.2 Å². The SMILES string of the molecule is CCCNC(Cc1nccs1)C1(N(C)C)CCCC(C)C1. The number of hydrogen-bond acceptors (Lipinski definition) is 4. The minimum Gasteiger partial charge on any atom is -0.312 e. The molecule has 4 heteroatoms. The van der Waals surface area contributed by atoms with Gasteiger partial charge in [-0.15, -0.1) is 11.3 Å². The van der Waals surface area contributed by atoms with Crippen LogP contribution in [0.2, 0.25) is 0 Å². The van der Waals surface area contributed by atoms with Crippen LogP contribution < -0.4 is 5.32 Å². The van der Waals surface area contributed by atoms with E-state index in [1.54, 1.807) is 11.3 Å². The summed E-state index contributed by atoms with van der Waals surface area (Å²) in [5.74, 6) is 0.823. The molecular formula is C17H31N3S. The highest BCUT2D eigenvalue weighted by molar-refractivity contribution is 7.09. The molecule has 1 aromatic rings. The highest BCUT2D eigenvalue weighted by atomic mass is 32.1. The first-order valence-electron chi connectivity index (χ1n) is 8.37. The Morgan fingerprint density at radius 1 is 1.52 bits per heavy atom.